The number of furan rings is 1. The molecule has 2 N–H and O–H groups in total. The Kier molecular flexibility index (Phi) is 4.66. The second-order valence-corrected chi connectivity index (χ2v) is 6.36. The van der Waals surface area contributed by atoms with Crippen molar-refractivity contribution in [1.29, 1.82) is 0 Å². The molecule has 0 fully saturated rings. The Balaban J connectivity index is 1.61. The van der Waals surface area contributed by atoms with Crippen molar-refractivity contribution >= 4 is 38.7 Å². The van der Waals surface area contributed by atoms with Crippen LogP contribution in [0.25, 0.3) is 11.0 Å². The highest BCUT2D eigenvalue weighted by atomic mass is 79.9. The predicted molar refractivity (Wildman–Crippen MR) is 94.4 cm³/mol. The zero-order chi connectivity index (χ0) is 17.1. The van der Waals surface area contributed by atoms with Gasteiger partial charge < -0.3 is 4.42 Å². The zero-order valence-corrected chi connectivity index (χ0v) is 14.5. The summed E-state index contributed by atoms with van der Waals surface area (Å²) in [6.45, 7) is 1.98. The molecule has 6 heteroatoms. The minimum absolute atomic E-state index is 0.122. The van der Waals surface area contributed by atoms with Gasteiger partial charge in [-0.25, -0.2) is 0 Å². The van der Waals surface area contributed by atoms with Crippen LogP contribution in [-0.4, -0.2) is 11.8 Å². The van der Waals surface area contributed by atoms with E-state index in [1.807, 2.05) is 25.1 Å². The highest BCUT2D eigenvalue weighted by molar-refractivity contribution is 9.10. The summed E-state index contributed by atoms with van der Waals surface area (Å²) in [6, 6.07) is 12.7. The van der Waals surface area contributed by atoms with Gasteiger partial charge in [0.25, 0.3) is 5.91 Å². The van der Waals surface area contributed by atoms with E-state index in [2.05, 4.69) is 26.8 Å². The highest BCUT2D eigenvalue weighted by Gasteiger charge is 2.12. The number of hydrogen-bond donors (Lipinski definition) is 2. The van der Waals surface area contributed by atoms with Crippen LogP contribution in [0.4, 0.5) is 0 Å². The summed E-state index contributed by atoms with van der Waals surface area (Å²) in [5.74, 6) is -0.688. The third-order valence-electron chi connectivity index (χ3n) is 3.58. The molecule has 0 saturated carbocycles. The van der Waals surface area contributed by atoms with Crippen LogP contribution in [0, 0.1) is 6.92 Å². The van der Waals surface area contributed by atoms with Gasteiger partial charge in [-0.2, -0.15) is 0 Å². The Morgan fingerprint density at radius 1 is 1.08 bits per heavy atom. The smallest absolute Gasteiger partial charge is 0.269 e. The Hall–Kier alpha value is -2.60. The van der Waals surface area contributed by atoms with E-state index in [-0.39, 0.29) is 18.2 Å². The van der Waals surface area contributed by atoms with Gasteiger partial charge in [0.1, 0.15) is 5.58 Å². The molecule has 2 amide bonds. The van der Waals surface area contributed by atoms with Crippen molar-refractivity contribution in [2.75, 3.05) is 0 Å². The monoisotopic (exact) mass is 386 g/mol. The number of benzene rings is 2. The van der Waals surface area contributed by atoms with Crippen LogP contribution < -0.4 is 10.9 Å². The minimum atomic E-state index is -0.372. The average molecular weight is 387 g/mol. The first-order valence-electron chi connectivity index (χ1n) is 7.34. The van der Waals surface area contributed by atoms with Crippen LogP contribution in [-0.2, 0) is 11.2 Å². The van der Waals surface area contributed by atoms with Gasteiger partial charge in [-0.1, -0.05) is 28.1 Å². The number of nitrogens with one attached hydrogen (secondary N) is 2. The molecule has 1 aromatic heterocycles. The molecule has 2 aromatic carbocycles. The van der Waals surface area contributed by atoms with E-state index < -0.39 is 0 Å². The number of halogens is 1. The summed E-state index contributed by atoms with van der Waals surface area (Å²) in [6.07, 6.45) is 1.69. The molecule has 122 valence electrons. The van der Waals surface area contributed by atoms with E-state index in [9.17, 15) is 9.59 Å². The first-order valence-corrected chi connectivity index (χ1v) is 8.14. The van der Waals surface area contributed by atoms with E-state index in [4.69, 9.17) is 4.42 Å². The Morgan fingerprint density at radius 2 is 1.83 bits per heavy atom. The van der Waals surface area contributed by atoms with E-state index >= 15 is 0 Å². The Morgan fingerprint density at radius 3 is 2.58 bits per heavy atom. The standard InChI is InChI=1S/C18H15BrN2O3/c1-11-2-7-15-13(10-24-16(15)8-11)9-17(22)20-21-18(23)12-3-5-14(19)6-4-12/h2-8,10H,9H2,1H3,(H,20,22)(H,21,23). The van der Waals surface area contributed by atoms with Gasteiger partial charge in [0, 0.05) is 21.0 Å². The second-order valence-electron chi connectivity index (χ2n) is 5.45. The second kappa shape index (κ2) is 6.88. The topological polar surface area (TPSA) is 71.3 Å². The largest absolute Gasteiger partial charge is 0.464 e. The van der Waals surface area contributed by atoms with Gasteiger partial charge >= 0.3 is 0 Å². The van der Waals surface area contributed by atoms with Crippen LogP contribution in [0.1, 0.15) is 21.5 Å². The van der Waals surface area contributed by atoms with Crippen LogP contribution in [0.2, 0.25) is 0 Å². The van der Waals surface area contributed by atoms with Crippen molar-refractivity contribution in [2.24, 2.45) is 0 Å². The Labute approximate surface area is 147 Å². The van der Waals surface area contributed by atoms with E-state index in [1.54, 1.807) is 30.5 Å². The number of carbonyl (C=O) groups excluding carboxylic acids is 2. The third-order valence-corrected chi connectivity index (χ3v) is 4.11. The zero-order valence-electron chi connectivity index (χ0n) is 12.9. The van der Waals surface area contributed by atoms with Crippen molar-refractivity contribution in [1.82, 2.24) is 10.9 Å². The van der Waals surface area contributed by atoms with Gasteiger partial charge in [-0.05, 0) is 42.8 Å². The summed E-state index contributed by atoms with van der Waals surface area (Å²) in [7, 11) is 0. The maximum Gasteiger partial charge on any atom is 0.269 e. The van der Waals surface area contributed by atoms with E-state index in [0.717, 1.165) is 26.6 Å². The number of hydrogen-bond acceptors (Lipinski definition) is 3. The molecule has 3 rings (SSSR count). The molecular weight excluding hydrogens is 372 g/mol. The SMILES string of the molecule is Cc1ccc2c(CC(=O)NNC(=O)c3ccc(Br)cc3)coc2c1. The lowest BCUT2D eigenvalue weighted by molar-refractivity contribution is -0.121. The van der Waals surface area contributed by atoms with E-state index in [0.29, 0.717) is 5.56 Å². The molecule has 5 nitrogen and oxygen atoms in total. The number of hydrazine groups is 1. The van der Waals surface area contributed by atoms with Gasteiger partial charge in [0.05, 0.1) is 12.7 Å². The molecule has 0 aliphatic carbocycles. The van der Waals surface area contributed by atoms with E-state index in [1.165, 1.54) is 0 Å². The average Bonchev–Trinajstić information content (AvgIpc) is 2.95. The minimum Gasteiger partial charge on any atom is -0.464 e. The maximum absolute atomic E-state index is 12.0. The van der Waals surface area contributed by atoms with Crippen molar-refractivity contribution < 1.29 is 14.0 Å². The van der Waals surface area contributed by atoms with Gasteiger partial charge in [0.2, 0.25) is 5.91 Å². The first-order chi connectivity index (χ1) is 11.5. The van der Waals surface area contributed by atoms with Gasteiger partial charge in [0.15, 0.2) is 0 Å². The number of aryl methyl sites for hydroxylation is 1. The molecule has 3 aromatic rings. The molecule has 0 bridgehead atoms. The normalized spacial score (nSPS) is 10.6. The number of carbonyl (C=O) groups is 2. The van der Waals surface area contributed by atoms with Crippen LogP contribution in [0.3, 0.4) is 0 Å². The van der Waals surface area contributed by atoms with Crippen molar-refractivity contribution in [3.63, 3.8) is 0 Å². The molecule has 0 saturated heterocycles. The lowest BCUT2D eigenvalue weighted by Gasteiger charge is -2.07. The molecule has 0 radical (unpaired) electrons. The highest BCUT2D eigenvalue weighted by Crippen LogP contribution is 2.22. The fourth-order valence-corrected chi connectivity index (χ4v) is 2.61. The molecule has 24 heavy (non-hydrogen) atoms. The Bertz CT molecular complexity index is 900. The van der Waals surface area contributed by atoms with Crippen LogP contribution in [0.5, 0.6) is 0 Å². The van der Waals surface area contributed by atoms with Crippen molar-refractivity contribution in [2.45, 2.75) is 13.3 Å². The fraction of sp³-hybridized carbons (Fsp3) is 0.111. The van der Waals surface area contributed by atoms with Crippen molar-refractivity contribution in [3.05, 3.63) is 69.9 Å². The van der Waals surface area contributed by atoms with Crippen LogP contribution >= 0.6 is 15.9 Å². The van der Waals surface area contributed by atoms with Gasteiger partial charge in [-0.3, -0.25) is 20.4 Å². The third kappa shape index (κ3) is 3.65. The molecule has 0 spiro atoms. The fourth-order valence-electron chi connectivity index (χ4n) is 2.34. The molecular formula is C18H15BrN2O3. The summed E-state index contributed by atoms with van der Waals surface area (Å²) >= 11 is 3.30. The summed E-state index contributed by atoms with van der Waals surface area (Å²) in [5.41, 5.74) is 7.90. The van der Waals surface area contributed by atoms with Gasteiger partial charge in [-0.15, -0.1) is 0 Å². The quantitative estimate of drug-likeness (QED) is 0.676. The van der Waals surface area contributed by atoms with Crippen LogP contribution in [0.15, 0.2) is 57.6 Å². The molecule has 0 aliphatic rings. The predicted octanol–water partition coefficient (Wildman–Crippen LogP) is 3.51. The number of amides is 2. The summed E-state index contributed by atoms with van der Waals surface area (Å²) < 4.78 is 6.34. The molecule has 0 aliphatic heterocycles. The number of rotatable bonds is 3. The lowest BCUT2D eigenvalue weighted by atomic mass is 10.1. The molecule has 0 unspecified atom stereocenters. The molecule has 1 heterocycles. The summed E-state index contributed by atoms with van der Waals surface area (Å²) in [5, 5.41) is 0.898. The maximum atomic E-state index is 12.0. The molecule has 0 atom stereocenters. The summed E-state index contributed by atoms with van der Waals surface area (Å²) in [4.78, 5) is 24.0. The lowest BCUT2D eigenvalue weighted by Crippen LogP contribution is -2.42. The first kappa shape index (κ1) is 16.3. The number of fused-ring (bicyclic) bond motifs is 1. The van der Waals surface area contributed by atoms with Crippen molar-refractivity contribution in [3.8, 4) is 0 Å².